The van der Waals surface area contributed by atoms with Gasteiger partial charge in [0, 0.05) is 23.9 Å². The number of anilines is 1. The number of nitrogens with one attached hydrogen (secondary N) is 1. The van der Waals surface area contributed by atoms with E-state index in [2.05, 4.69) is 22.0 Å². The first kappa shape index (κ1) is 19.6. The van der Waals surface area contributed by atoms with Crippen molar-refractivity contribution in [3.05, 3.63) is 34.6 Å². The highest BCUT2D eigenvalue weighted by Crippen LogP contribution is 2.48. The van der Waals surface area contributed by atoms with Gasteiger partial charge in [-0.3, -0.25) is 9.89 Å². The van der Waals surface area contributed by atoms with Crippen molar-refractivity contribution < 1.29 is 9.47 Å². The summed E-state index contributed by atoms with van der Waals surface area (Å²) in [5.74, 6) is 0.848. The molecule has 7 rings (SSSR count). The smallest absolute Gasteiger partial charge is 0.290 e. The third-order valence-corrected chi connectivity index (χ3v) is 7.64. The van der Waals surface area contributed by atoms with Crippen LogP contribution >= 0.6 is 0 Å². The number of aromatic amines is 1. The molecule has 0 atom stereocenters. The minimum atomic E-state index is -0.0458. The molecule has 3 aliphatic carbocycles. The lowest BCUT2D eigenvalue weighted by Gasteiger charge is -2.25. The Bertz CT molecular complexity index is 1300. The summed E-state index contributed by atoms with van der Waals surface area (Å²) in [6, 6.07) is 8.17. The summed E-state index contributed by atoms with van der Waals surface area (Å²) in [6.07, 6.45) is 6.51. The van der Waals surface area contributed by atoms with E-state index in [1.165, 1.54) is 12.8 Å². The number of rotatable bonds is 5. The Morgan fingerprint density at radius 1 is 1.18 bits per heavy atom. The Balaban J connectivity index is 1.33. The molecule has 1 N–H and O–H groups in total. The molecule has 0 unspecified atom stereocenters. The molecule has 172 valence electrons. The molecule has 0 bridgehead atoms. The van der Waals surface area contributed by atoms with Gasteiger partial charge in [-0.05, 0) is 69.7 Å². The molecule has 4 aliphatic rings. The summed E-state index contributed by atoms with van der Waals surface area (Å²) in [5, 5.41) is 13.5. The third kappa shape index (κ3) is 3.51. The SMILES string of the molecule is CC1(Oc2ccc3[nH]nc(-c4cc(N5CCOCC6(CC6)C5)c(=O)n(C5CC5)n4)c3c2)CC1. The second-order valence-corrected chi connectivity index (χ2v) is 10.7. The minimum absolute atomic E-state index is 0.00414. The molecule has 33 heavy (non-hydrogen) atoms. The second kappa shape index (κ2) is 6.82. The van der Waals surface area contributed by atoms with Crippen LogP contribution in [-0.4, -0.2) is 51.9 Å². The van der Waals surface area contributed by atoms with Gasteiger partial charge in [0.2, 0.25) is 0 Å². The molecule has 3 heterocycles. The third-order valence-electron chi connectivity index (χ3n) is 7.64. The van der Waals surface area contributed by atoms with Gasteiger partial charge < -0.3 is 14.4 Å². The zero-order valence-corrected chi connectivity index (χ0v) is 19.0. The number of hydrogen-bond donors (Lipinski definition) is 1. The van der Waals surface area contributed by atoms with E-state index in [0.717, 1.165) is 79.1 Å². The van der Waals surface area contributed by atoms with Crippen molar-refractivity contribution in [1.29, 1.82) is 0 Å². The first-order valence-electron chi connectivity index (χ1n) is 12.2. The highest BCUT2D eigenvalue weighted by atomic mass is 16.5. The van der Waals surface area contributed by atoms with E-state index in [-0.39, 0.29) is 22.6 Å². The Kier molecular flexibility index (Phi) is 4.05. The number of hydrogen-bond acceptors (Lipinski definition) is 6. The fourth-order valence-electron chi connectivity index (χ4n) is 4.90. The lowest BCUT2D eigenvalue weighted by Crippen LogP contribution is -2.37. The van der Waals surface area contributed by atoms with E-state index in [4.69, 9.17) is 14.6 Å². The fraction of sp³-hybridized carbons (Fsp3) is 0.560. The summed E-state index contributed by atoms with van der Waals surface area (Å²) in [6.45, 7) is 5.18. The first-order chi connectivity index (χ1) is 16.0. The Morgan fingerprint density at radius 2 is 2.03 bits per heavy atom. The monoisotopic (exact) mass is 447 g/mol. The van der Waals surface area contributed by atoms with Gasteiger partial charge in [0.15, 0.2) is 0 Å². The van der Waals surface area contributed by atoms with Crippen LogP contribution in [0, 0.1) is 5.41 Å². The summed E-state index contributed by atoms with van der Waals surface area (Å²) in [4.78, 5) is 15.7. The zero-order valence-electron chi connectivity index (χ0n) is 19.0. The van der Waals surface area contributed by atoms with E-state index in [1.54, 1.807) is 4.68 Å². The van der Waals surface area contributed by atoms with Crippen LogP contribution in [-0.2, 0) is 4.74 Å². The fourth-order valence-corrected chi connectivity index (χ4v) is 4.90. The van der Waals surface area contributed by atoms with E-state index >= 15 is 0 Å². The van der Waals surface area contributed by atoms with Crippen molar-refractivity contribution in [1.82, 2.24) is 20.0 Å². The summed E-state index contributed by atoms with van der Waals surface area (Å²) in [5.41, 5.74) is 3.32. The minimum Gasteiger partial charge on any atom is -0.488 e. The Labute approximate surface area is 191 Å². The van der Waals surface area contributed by atoms with Gasteiger partial charge in [-0.15, -0.1) is 0 Å². The van der Waals surface area contributed by atoms with Gasteiger partial charge >= 0.3 is 0 Å². The van der Waals surface area contributed by atoms with E-state index in [0.29, 0.717) is 6.61 Å². The van der Waals surface area contributed by atoms with Crippen LogP contribution in [0.5, 0.6) is 5.75 Å². The molecule has 3 aromatic rings. The molecule has 0 amide bonds. The standard InChI is InChI=1S/C25H29N5O3/c1-24(6-7-24)33-17-4-5-19-18(12-17)22(27-26-19)20-13-21(23(31)30(28-20)16-2-3-16)29-10-11-32-15-25(14-29)8-9-25/h4-5,12-13,16H,2-3,6-11,14-15H2,1H3,(H,26,27). The van der Waals surface area contributed by atoms with Crippen LogP contribution in [0.3, 0.4) is 0 Å². The molecule has 0 radical (unpaired) electrons. The number of nitrogens with zero attached hydrogens (tertiary/aromatic N) is 4. The molecular formula is C25H29N5O3. The maximum absolute atomic E-state index is 13.5. The largest absolute Gasteiger partial charge is 0.488 e. The van der Waals surface area contributed by atoms with Crippen molar-refractivity contribution in [2.75, 3.05) is 31.2 Å². The Morgan fingerprint density at radius 3 is 2.79 bits per heavy atom. The normalized spacial score (nSPS) is 23.0. The van der Waals surface area contributed by atoms with Crippen LogP contribution in [0.15, 0.2) is 29.1 Å². The quantitative estimate of drug-likeness (QED) is 0.642. The molecule has 4 fully saturated rings. The van der Waals surface area contributed by atoms with Gasteiger partial charge in [0.05, 0.1) is 24.8 Å². The average molecular weight is 448 g/mol. The molecule has 1 saturated heterocycles. The van der Waals surface area contributed by atoms with E-state index in [1.807, 2.05) is 24.3 Å². The molecule has 3 saturated carbocycles. The molecule has 2 aromatic heterocycles. The van der Waals surface area contributed by atoms with Gasteiger partial charge in [-0.2, -0.15) is 10.2 Å². The van der Waals surface area contributed by atoms with E-state index < -0.39 is 0 Å². The van der Waals surface area contributed by atoms with Crippen molar-refractivity contribution in [2.45, 2.75) is 57.1 Å². The maximum Gasteiger partial charge on any atom is 0.290 e. The summed E-state index contributed by atoms with van der Waals surface area (Å²) in [7, 11) is 0. The first-order valence-corrected chi connectivity index (χ1v) is 12.2. The average Bonchev–Trinajstić information content (AvgIpc) is 3.70. The lowest BCUT2D eigenvalue weighted by atomic mass is 10.1. The van der Waals surface area contributed by atoms with Crippen LogP contribution in [0.1, 0.15) is 51.5 Å². The van der Waals surface area contributed by atoms with Gasteiger partial charge in [0.1, 0.15) is 28.4 Å². The van der Waals surface area contributed by atoms with Crippen LogP contribution in [0.25, 0.3) is 22.3 Å². The number of ether oxygens (including phenoxy) is 2. The topological polar surface area (TPSA) is 85.3 Å². The number of H-pyrrole nitrogens is 1. The number of aromatic nitrogens is 4. The lowest BCUT2D eigenvalue weighted by molar-refractivity contribution is 0.116. The van der Waals surface area contributed by atoms with Gasteiger partial charge in [-0.1, -0.05) is 0 Å². The predicted octanol–water partition coefficient (Wildman–Crippen LogP) is 3.67. The molecule has 1 aliphatic heterocycles. The maximum atomic E-state index is 13.5. The molecule has 8 nitrogen and oxygen atoms in total. The molecular weight excluding hydrogens is 418 g/mol. The predicted molar refractivity (Wildman–Crippen MR) is 125 cm³/mol. The molecule has 1 aromatic carbocycles. The van der Waals surface area contributed by atoms with Gasteiger partial charge in [0.25, 0.3) is 5.56 Å². The zero-order chi connectivity index (χ0) is 22.2. The van der Waals surface area contributed by atoms with Crippen molar-refractivity contribution in [2.24, 2.45) is 5.41 Å². The van der Waals surface area contributed by atoms with Crippen LogP contribution in [0.4, 0.5) is 5.69 Å². The summed E-state index contributed by atoms with van der Waals surface area (Å²) < 4.78 is 13.8. The summed E-state index contributed by atoms with van der Waals surface area (Å²) >= 11 is 0. The van der Waals surface area contributed by atoms with Gasteiger partial charge in [-0.25, -0.2) is 4.68 Å². The molecule has 8 heteroatoms. The van der Waals surface area contributed by atoms with Crippen LogP contribution < -0.4 is 15.2 Å². The van der Waals surface area contributed by atoms with Crippen molar-refractivity contribution in [3.8, 4) is 17.1 Å². The Hall–Kier alpha value is -2.87. The number of benzene rings is 1. The number of fused-ring (bicyclic) bond motifs is 1. The molecule has 1 spiro atoms. The van der Waals surface area contributed by atoms with E-state index in [9.17, 15) is 4.79 Å². The second-order valence-electron chi connectivity index (χ2n) is 10.7. The highest BCUT2D eigenvalue weighted by Gasteiger charge is 2.46. The van der Waals surface area contributed by atoms with Crippen LogP contribution in [0.2, 0.25) is 0 Å². The van der Waals surface area contributed by atoms with Crippen molar-refractivity contribution >= 4 is 16.6 Å². The van der Waals surface area contributed by atoms with Crippen molar-refractivity contribution in [3.63, 3.8) is 0 Å². The highest BCUT2D eigenvalue weighted by molar-refractivity contribution is 5.93.